The molecule has 0 bridgehead atoms. The maximum Gasteiger partial charge on any atom is 0.238 e. The quantitative estimate of drug-likeness (QED) is 0.926. The summed E-state index contributed by atoms with van der Waals surface area (Å²) >= 11 is 6.05. The number of amides is 1. The largest absolute Gasteiger partial charge is 0.324 e. The molecular weight excluding hydrogens is 274 g/mol. The van der Waals surface area contributed by atoms with E-state index in [1.54, 1.807) is 6.07 Å². The lowest BCUT2D eigenvalue weighted by molar-refractivity contribution is -0.117. The van der Waals surface area contributed by atoms with E-state index < -0.39 is 0 Å². The van der Waals surface area contributed by atoms with Crippen LogP contribution in [0.15, 0.2) is 24.3 Å². The van der Waals surface area contributed by atoms with Crippen molar-refractivity contribution >= 4 is 23.2 Å². The fourth-order valence-corrected chi connectivity index (χ4v) is 3.34. The lowest BCUT2D eigenvalue weighted by Crippen LogP contribution is -2.51. The van der Waals surface area contributed by atoms with E-state index in [0.29, 0.717) is 23.3 Å². The zero-order valence-corrected chi connectivity index (χ0v) is 12.3. The Labute approximate surface area is 124 Å². The van der Waals surface area contributed by atoms with Gasteiger partial charge in [0.15, 0.2) is 0 Å². The molecule has 2 saturated heterocycles. The number of anilines is 1. The van der Waals surface area contributed by atoms with E-state index in [-0.39, 0.29) is 5.91 Å². The molecular formula is C15H20ClN3O. The zero-order chi connectivity index (χ0) is 13.9. The third kappa shape index (κ3) is 3.14. The van der Waals surface area contributed by atoms with Crippen molar-refractivity contribution < 1.29 is 4.79 Å². The second kappa shape index (κ2) is 6.12. The second-order valence-electron chi connectivity index (χ2n) is 5.60. The van der Waals surface area contributed by atoms with Crippen LogP contribution in [0.25, 0.3) is 0 Å². The molecule has 1 aromatic carbocycles. The smallest absolute Gasteiger partial charge is 0.238 e. The van der Waals surface area contributed by atoms with Gasteiger partial charge in [-0.05, 0) is 31.5 Å². The predicted molar refractivity (Wildman–Crippen MR) is 81.1 cm³/mol. The van der Waals surface area contributed by atoms with Gasteiger partial charge in [-0.25, -0.2) is 0 Å². The summed E-state index contributed by atoms with van der Waals surface area (Å²) in [4.78, 5) is 16.9. The number of carbonyl (C=O) groups excluding carboxylic acids is 1. The van der Waals surface area contributed by atoms with E-state index in [1.807, 2.05) is 18.2 Å². The van der Waals surface area contributed by atoms with Gasteiger partial charge < -0.3 is 5.32 Å². The molecule has 1 N–H and O–H groups in total. The summed E-state index contributed by atoms with van der Waals surface area (Å²) in [7, 11) is 0. The van der Waals surface area contributed by atoms with Gasteiger partial charge in [0, 0.05) is 25.7 Å². The van der Waals surface area contributed by atoms with Crippen LogP contribution in [0.2, 0.25) is 5.02 Å². The summed E-state index contributed by atoms with van der Waals surface area (Å²) in [6.45, 7) is 4.76. The number of benzene rings is 1. The standard InChI is InChI=1S/C15H20ClN3O/c16-13-5-1-2-6-14(13)17-15(20)11-18-8-9-19-7-3-4-12(19)10-18/h1-2,5-6,12H,3-4,7-11H2,(H,17,20)/t12-/m1/s1. The molecule has 2 aliphatic heterocycles. The number of hydrogen-bond acceptors (Lipinski definition) is 3. The first-order chi connectivity index (χ1) is 9.72. The lowest BCUT2D eigenvalue weighted by Gasteiger charge is -2.37. The number of carbonyl (C=O) groups is 1. The molecule has 0 aliphatic carbocycles. The summed E-state index contributed by atoms with van der Waals surface area (Å²) in [6.07, 6.45) is 2.56. The van der Waals surface area contributed by atoms with Crippen LogP contribution in [0.3, 0.4) is 0 Å². The Hall–Kier alpha value is -1.10. The van der Waals surface area contributed by atoms with Crippen molar-refractivity contribution in [2.24, 2.45) is 0 Å². The Kier molecular flexibility index (Phi) is 4.24. The topological polar surface area (TPSA) is 35.6 Å². The van der Waals surface area contributed by atoms with Gasteiger partial charge in [-0.3, -0.25) is 14.6 Å². The van der Waals surface area contributed by atoms with E-state index >= 15 is 0 Å². The van der Waals surface area contributed by atoms with Gasteiger partial charge in [0.25, 0.3) is 0 Å². The van der Waals surface area contributed by atoms with Gasteiger partial charge in [0.05, 0.1) is 17.3 Å². The summed E-state index contributed by atoms with van der Waals surface area (Å²) in [5.74, 6) is 0.0181. The van der Waals surface area contributed by atoms with Gasteiger partial charge in [-0.2, -0.15) is 0 Å². The highest BCUT2D eigenvalue weighted by Gasteiger charge is 2.30. The normalized spacial score (nSPS) is 23.6. The number of para-hydroxylation sites is 1. The minimum atomic E-state index is 0.0181. The van der Waals surface area contributed by atoms with Crippen molar-refractivity contribution in [2.45, 2.75) is 18.9 Å². The highest BCUT2D eigenvalue weighted by molar-refractivity contribution is 6.33. The SMILES string of the molecule is O=C(CN1CCN2CCC[C@@H]2C1)Nc1ccccc1Cl. The number of nitrogens with zero attached hydrogens (tertiary/aromatic N) is 2. The fourth-order valence-electron chi connectivity index (χ4n) is 3.15. The van der Waals surface area contributed by atoms with Crippen molar-refractivity contribution in [3.05, 3.63) is 29.3 Å². The molecule has 5 heteroatoms. The molecule has 1 aromatic rings. The number of piperazine rings is 1. The van der Waals surface area contributed by atoms with Gasteiger partial charge in [0.2, 0.25) is 5.91 Å². The maximum atomic E-state index is 12.1. The van der Waals surface area contributed by atoms with E-state index in [9.17, 15) is 4.79 Å². The molecule has 3 rings (SSSR count). The summed E-state index contributed by atoms with van der Waals surface area (Å²) in [6, 6.07) is 8.00. The van der Waals surface area contributed by atoms with Gasteiger partial charge in [-0.1, -0.05) is 23.7 Å². The molecule has 0 aromatic heterocycles. The van der Waals surface area contributed by atoms with Crippen LogP contribution >= 0.6 is 11.6 Å². The Morgan fingerprint density at radius 2 is 2.15 bits per heavy atom. The molecule has 0 radical (unpaired) electrons. The van der Waals surface area contributed by atoms with Crippen molar-refractivity contribution in [2.75, 3.05) is 38.0 Å². The molecule has 4 nitrogen and oxygen atoms in total. The van der Waals surface area contributed by atoms with E-state index in [1.165, 1.54) is 19.4 Å². The summed E-state index contributed by atoms with van der Waals surface area (Å²) < 4.78 is 0. The van der Waals surface area contributed by atoms with E-state index in [2.05, 4.69) is 15.1 Å². The molecule has 1 amide bonds. The monoisotopic (exact) mass is 293 g/mol. The second-order valence-corrected chi connectivity index (χ2v) is 6.00. The lowest BCUT2D eigenvalue weighted by atomic mass is 10.1. The molecule has 1 atom stereocenters. The van der Waals surface area contributed by atoms with Crippen LogP contribution in [0.5, 0.6) is 0 Å². The Bertz CT molecular complexity index is 494. The molecule has 0 unspecified atom stereocenters. The molecule has 2 heterocycles. The molecule has 2 aliphatic rings. The number of halogens is 1. The third-order valence-corrected chi connectivity index (χ3v) is 4.52. The van der Waals surface area contributed by atoms with Crippen LogP contribution in [0.4, 0.5) is 5.69 Å². The van der Waals surface area contributed by atoms with Crippen LogP contribution < -0.4 is 5.32 Å². The van der Waals surface area contributed by atoms with Crippen molar-refractivity contribution in [1.82, 2.24) is 9.80 Å². The molecule has 2 fully saturated rings. The van der Waals surface area contributed by atoms with Gasteiger partial charge >= 0.3 is 0 Å². The van der Waals surface area contributed by atoms with Crippen LogP contribution in [0.1, 0.15) is 12.8 Å². The highest BCUT2D eigenvalue weighted by atomic mass is 35.5. The third-order valence-electron chi connectivity index (χ3n) is 4.19. The first-order valence-corrected chi connectivity index (χ1v) is 7.61. The van der Waals surface area contributed by atoms with Gasteiger partial charge in [-0.15, -0.1) is 0 Å². The highest BCUT2D eigenvalue weighted by Crippen LogP contribution is 2.22. The number of nitrogens with one attached hydrogen (secondary N) is 1. The number of fused-ring (bicyclic) bond motifs is 1. The van der Waals surface area contributed by atoms with Crippen LogP contribution in [-0.4, -0.2) is 54.5 Å². The fraction of sp³-hybridized carbons (Fsp3) is 0.533. The van der Waals surface area contributed by atoms with Crippen LogP contribution in [-0.2, 0) is 4.79 Å². The summed E-state index contributed by atoms with van der Waals surface area (Å²) in [5, 5.41) is 3.48. The zero-order valence-electron chi connectivity index (χ0n) is 11.5. The molecule has 20 heavy (non-hydrogen) atoms. The molecule has 108 valence electrons. The Morgan fingerprint density at radius 1 is 1.30 bits per heavy atom. The van der Waals surface area contributed by atoms with Crippen molar-refractivity contribution in [3.63, 3.8) is 0 Å². The first kappa shape index (κ1) is 13.9. The van der Waals surface area contributed by atoms with Gasteiger partial charge in [0.1, 0.15) is 0 Å². The number of rotatable bonds is 3. The van der Waals surface area contributed by atoms with E-state index in [0.717, 1.165) is 19.6 Å². The average molecular weight is 294 g/mol. The summed E-state index contributed by atoms with van der Waals surface area (Å²) in [5.41, 5.74) is 0.693. The predicted octanol–water partition coefficient (Wildman–Crippen LogP) is 2.06. The first-order valence-electron chi connectivity index (χ1n) is 7.23. The molecule has 0 spiro atoms. The van der Waals surface area contributed by atoms with Crippen molar-refractivity contribution in [1.29, 1.82) is 0 Å². The van der Waals surface area contributed by atoms with Crippen LogP contribution in [0, 0.1) is 0 Å². The minimum absolute atomic E-state index is 0.0181. The average Bonchev–Trinajstić information content (AvgIpc) is 2.89. The Morgan fingerprint density at radius 3 is 3.00 bits per heavy atom. The number of hydrogen-bond donors (Lipinski definition) is 1. The molecule has 0 saturated carbocycles. The van der Waals surface area contributed by atoms with Crippen molar-refractivity contribution in [3.8, 4) is 0 Å². The Balaban J connectivity index is 1.53. The van der Waals surface area contributed by atoms with E-state index in [4.69, 9.17) is 11.6 Å². The maximum absolute atomic E-state index is 12.1. The minimum Gasteiger partial charge on any atom is -0.324 e.